The molecule has 0 aliphatic carbocycles. The summed E-state index contributed by atoms with van der Waals surface area (Å²) in [5.41, 5.74) is 1.37. The molecule has 0 radical (unpaired) electrons. The van der Waals surface area contributed by atoms with Gasteiger partial charge in [-0.15, -0.1) is 0 Å². The molecule has 5 nitrogen and oxygen atoms in total. The Morgan fingerprint density at radius 3 is 1.93 bits per heavy atom. The molecule has 3 rings (SSSR count). The predicted octanol–water partition coefficient (Wildman–Crippen LogP) is 3.32. The van der Waals surface area contributed by atoms with Crippen LogP contribution in [0.2, 0.25) is 0 Å². The van der Waals surface area contributed by atoms with Gasteiger partial charge in [0, 0.05) is 0 Å². The second kappa shape index (κ2) is 7.31. The standard InChI is InChI=1S/C21H21FN2O3/c1-12(2)18(14-8-10-15(22)11-9-14)23-19(25)13(3)24-20(26)16-6-4-5-7-17(16)21(24)27/h4-13,18H,1-3H3,(H,23,25). The van der Waals surface area contributed by atoms with Gasteiger partial charge in [0.1, 0.15) is 11.9 Å². The maximum absolute atomic E-state index is 13.2. The van der Waals surface area contributed by atoms with E-state index in [-0.39, 0.29) is 17.8 Å². The fourth-order valence-corrected chi connectivity index (χ4v) is 3.26. The third kappa shape index (κ3) is 3.47. The van der Waals surface area contributed by atoms with Crippen molar-refractivity contribution in [2.45, 2.75) is 32.9 Å². The number of halogens is 1. The predicted molar refractivity (Wildman–Crippen MR) is 98.5 cm³/mol. The molecule has 3 amide bonds. The van der Waals surface area contributed by atoms with Crippen molar-refractivity contribution in [1.82, 2.24) is 10.2 Å². The van der Waals surface area contributed by atoms with E-state index in [2.05, 4.69) is 5.32 Å². The summed E-state index contributed by atoms with van der Waals surface area (Å²) in [4.78, 5) is 38.9. The molecule has 2 aromatic rings. The summed E-state index contributed by atoms with van der Waals surface area (Å²) in [6.45, 7) is 5.39. The number of carbonyl (C=O) groups excluding carboxylic acids is 3. The van der Waals surface area contributed by atoms with Crippen LogP contribution in [-0.4, -0.2) is 28.7 Å². The first kappa shape index (κ1) is 18.8. The van der Waals surface area contributed by atoms with Gasteiger partial charge in [-0.05, 0) is 42.7 Å². The summed E-state index contributed by atoms with van der Waals surface area (Å²) in [6, 6.07) is 11.1. The van der Waals surface area contributed by atoms with Crippen molar-refractivity contribution in [3.8, 4) is 0 Å². The minimum atomic E-state index is -0.959. The van der Waals surface area contributed by atoms with Crippen LogP contribution in [0.5, 0.6) is 0 Å². The molecule has 27 heavy (non-hydrogen) atoms. The van der Waals surface area contributed by atoms with Crippen LogP contribution < -0.4 is 5.32 Å². The summed E-state index contributed by atoms with van der Waals surface area (Å²) in [7, 11) is 0. The molecular weight excluding hydrogens is 347 g/mol. The first-order valence-corrected chi connectivity index (χ1v) is 8.84. The van der Waals surface area contributed by atoms with Gasteiger partial charge in [0.25, 0.3) is 11.8 Å². The highest BCUT2D eigenvalue weighted by Crippen LogP contribution is 2.26. The molecular formula is C21H21FN2O3. The number of imide groups is 1. The smallest absolute Gasteiger partial charge is 0.262 e. The summed E-state index contributed by atoms with van der Waals surface area (Å²) in [6.07, 6.45) is 0. The Hall–Kier alpha value is -3.02. The summed E-state index contributed by atoms with van der Waals surface area (Å²) < 4.78 is 13.2. The molecule has 1 heterocycles. The average Bonchev–Trinajstić information content (AvgIpc) is 2.90. The number of fused-ring (bicyclic) bond motifs is 1. The van der Waals surface area contributed by atoms with Gasteiger partial charge in [-0.2, -0.15) is 0 Å². The fraction of sp³-hybridized carbons (Fsp3) is 0.286. The highest BCUT2D eigenvalue weighted by Gasteiger charge is 2.41. The maximum atomic E-state index is 13.2. The first-order chi connectivity index (χ1) is 12.8. The lowest BCUT2D eigenvalue weighted by Gasteiger charge is -2.27. The Bertz CT molecular complexity index is 858. The van der Waals surface area contributed by atoms with E-state index in [0.29, 0.717) is 11.1 Å². The van der Waals surface area contributed by atoms with Gasteiger partial charge in [0.05, 0.1) is 17.2 Å². The number of nitrogens with zero attached hydrogens (tertiary/aromatic N) is 1. The lowest BCUT2D eigenvalue weighted by atomic mass is 9.95. The van der Waals surface area contributed by atoms with Gasteiger partial charge in [0.15, 0.2) is 0 Å². The highest BCUT2D eigenvalue weighted by atomic mass is 19.1. The Morgan fingerprint density at radius 2 is 1.44 bits per heavy atom. The number of nitrogens with one attached hydrogen (secondary N) is 1. The van der Waals surface area contributed by atoms with Crippen molar-refractivity contribution in [2.75, 3.05) is 0 Å². The number of carbonyl (C=O) groups is 3. The summed E-state index contributed by atoms with van der Waals surface area (Å²) in [5, 5.41) is 2.89. The van der Waals surface area contributed by atoms with Gasteiger partial charge in [-0.3, -0.25) is 19.3 Å². The van der Waals surface area contributed by atoms with Crippen molar-refractivity contribution in [2.24, 2.45) is 5.92 Å². The van der Waals surface area contributed by atoms with Crippen LogP contribution in [0.4, 0.5) is 4.39 Å². The van der Waals surface area contributed by atoms with Gasteiger partial charge in [0.2, 0.25) is 5.91 Å². The van der Waals surface area contributed by atoms with Crippen molar-refractivity contribution in [1.29, 1.82) is 0 Å². The molecule has 0 fully saturated rings. The van der Waals surface area contributed by atoms with Crippen LogP contribution in [-0.2, 0) is 4.79 Å². The zero-order chi connectivity index (χ0) is 19.7. The molecule has 1 aliphatic heterocycles. The number of benzene rings is 2. The second-order valence-corrected chi connectivity index (χ2v) is 6.98. The molecule has 1 N–H and O–H groups in total. The van der Waals surface area contributed by atoms with Gasteiger partial charge in [-0.1, -0.05) is 38.1 Å². The molecule has 2 unspecified atom stereocenters. The van der Waals surface area contributed by atoms with E-state index in [9.17, 15) is 18.8 Å². The van der Waals surface area contributed by atoms with E-state index in [0.717, 1.165) is 10.5 Å². The van der Waals surface area contributed by atoms with Gasteiger partial charge < -0.3 is 5.32 Å². The third-order valence-electron chi connectivity index (χ3n) is 4.79. The zero-order valence-corrected chi connectivity index (χ0v) is 15.4. The van der Waals surface area contributed by atoms with E-state index in [1.807, 2.05) is 13.8 Å². The van der Waals surface area contributed by atoms with Crippen molar-refractivity contribution in [3.63, 3.8) is 0 Å². The van der Waals surface area contributed by atoms with Crippen LogP contribution in [0.1, 0.15) is 53.1 Å². The summed E-state index contributed by atoms with van der Waals surface area (Å²) in [5.74, 6) is -1.70. The van der Waals surface area contributed by atoms with Crippen LogP contribution in [0.15, 0.2) is 48.5 Å². The third-order valence-corrected chi connectivity index (χ3v) is 4.79. The topological polar surface area (TPSA) is 66.5 Å². The normalized spacial score (nSPS) is 15.7. The largest absolute Gasteiger partial charge is 0.347 e. The van der Waals surface area contributed by atoms with Crippen molar-refractivity contribution >= 4 is 17.7 Å². The summed E-state index contributed by atoms with van der Waals surface area (Å²) >= 11 is 0. The maximum Gasteiger partial charge on any atom is 0.262 e. The van der Waals surface area contributed by atoms with Crippen molar-refractivity contribution < 1.29 is 18.8 Å². The Balaban J connectivity index is 1.80. The Kier molecular flexibility index (Phi) is 5.08. The van der Waals surface area contributed by atoms with Gasteiger partial charge >= 0.3 is 0 Å². The zero-order valence-electron chi connectivity index (χ0n) is 15.4. The molecule has 0 saturated carbocycles. The SMILES string of the molecule is CC(C)C(NC(=O)C(C)N1C(=O)c2ccccc2C1=O)c1ccc(F)cc1. The van der Waals surface area contributed by atoms with E-state index in [4.69, 9.17) is 0 Å². The molecule has 0 saturated heterocycles. The minimum absolute atomic E-state index is 0.0359. The van der Waals surface area contributed by atoms with Crippen LogP contribution in [0, 0.1) is 11.7 Å². The fourth-order valence-electron chi connectivity index (χ4n) is 3.26. The monoisotopic (exact) mass is 368 g/mol. The lowest BCUT2D eigenvalue weighted by molar-refractivity contribution is -0.125. The van der Waals surface area contributed by atoms with E-state index in [1.165, 1.54) is 19.1 Å². The van der Waals surface area contributed by atoms with Crippen LogP contribution >= 0.6 is 0 Å². The number of hydrogen-bond acceptors (Lipinski definition) is 3. The minimum Gasteiger partial charge on any atom is -0.347 e. The lowest BCUT2D eigenvalue weighted by Crippen LogP contribution is -2.49. The molecule has 2 aromatic carbocycles. The van der Waals surface area contributed by atoms with Crippen molar-refractivity contribution in [3.05, 3.63) is 71.0 Å². The molecule has 0 aromatic heterocycles. The molecule has 140 valence electrons. The number of amides is 3. The second-order valence-electron chi connectivity index (χ2n) is 6.98. The number of hydrogen-bond donors (Lipinski definition) is 1. The average molecular weight is 368 g/mol. The van der Waals surface area contributed by atoms with Gasteiger partial charge in [-0.25, -0.2) is 4.39 Å². The van der Waals surface area contributed by atoms with E-state index < -0.39 is 23.8 Å². The van der Waals surface area contributed by atoms with Crippen LogP contribution in [0.25, 0.3) is 0 Å². The van der Waals surface area contributed by atoms with E-state index >= 15 is 0 Å². The Labute approximate surface area is 157 Å². The Morgan fingerprint density at radius 1 is 0.926 bits per heavy atom. The first-order valence-electron chi connectivity index (χ1n) is 8.84. The van der Waals surface area contributed by atoms with E-state index in [1.54, 1.807) is 36.4 Å². The number of rotatable bonds is 5. The quantitative estimate of drug-likeness (QED) is 0.824. The molecule has 0 bridgehead atoms. The molecule has 2 atom stereocenters. The highest BCUT2D eigenvalue weighted by molar-refractivity contribution is 6.22. The molecule has 6 heteroatoms. The molecule has 1 aliphatic rings. The van der Waals surface area contributed by atoms with Crippen LogP contribution in [0.3, 0.4) is 0 Å². The molecule has 0 spiro atoms.